The van der Waals surface area contributed by atoms with Crippen molar-refractivity contribution in [2.45, 2.75) is 64.3 Å². The quantitative estimate of drug-likeness (QED) is 0.311. The molecule has 6 rings (SSSR count). The maximum Gasteiger partial charge on any atom is 0.246 e. The van der Waals surface area contributed by atoms with E-state index in [2.05, 4.69) is 50.6 Å². The molecule has 0 unspecified atom stereocenters. The average molecular weight is 516 g/mol. The topological polar surface area (TPSA) is 133 Å². The number of fused-ring (bicyclic) bond motifs is 1. The van der Waals surface area contributed by atoms with E-state index in [1.165, 1.54) is 31.9 Å². The number of aromatic amines is 1. The molecule has 3 N–H and O–H groups in total. The number of anilines is 4. The molecule has 1 amide bonds. The molecule has 198 valence electrons. The molecule has 38 heavy (non-hydrogen) atoms. The van der Waals surface area contributed by atoms with Crippen molar-refractivity contribution in [1.82, 2.24) is 29.8 Å². The van der Waals surface area contributed by atoms with Gasteiger partial charge in [0.25, 0.3) is 0 Å². The lowest BCUT2D eigenvalue weighted by Crippen LogP contribution is -2.39. The average Bonchev–Trinajstić information content (AvgIpc) is 3.25. The van der Waals surface area contributed by atoms with Crippen LogP contribution in [-0.2, 0) is 16.0 Å². The number of carbonyl (C=O) groups excluding carboxylic acids is 2. The van der Waals surface area contributed by atoms with Crippen LogP contribution in [0.3, 0.4) is 0 Å². The van der Waals surface area contributed by atoms with Crippen LogP contribution in [0.15, 0.2) is 42.7 Å². The third-order valence-electron chi connectivity index (χ3n) is 6.83. The molecule has 11 nitrogen and oxygen atoms in total. The van der Waals surface area contributed by atoms with Crippen LogP contribution in [0.25, 0.3) is 5.52 Å². The summed E-state index contributed by atoms with van der Waals surface area (Å²) in [5.74, 6) is 3.38. The fourth-order valence-electron chi connectivity index (χ4n) is 4.63. The van der Waals surface area contributed by atoms with Crippen molar-refractivity contribution < 1.29 is 9.59 Å². The fourth-order valence-corrected chi connectivity index (χ4v) is 4.63. The minimum Gasteiger partial charge on any atom is -0.334 e. The highest BCUT2D eigenvalue weighted by Gasteiger charge is 2.34. The fraction of sp³-hybridized carbons (Fsp3) is 0.407. The zero-order chi connectivity index (χ0) is 26.7. The van der Waals surface area contributed by atoms with Gasteiger partial charge in [-0.25, -0.2) is 9.50 Å². The van der Waals surface area contributed by atoms with Crippen molar-refractivity contribution in [2.75, 3.05) is 22.1 Å². The number of rotatable bonds is 7. The van der Waals surface area contributed by atoms with Crippen LogP contribution in [0, 0.1) is 0 Å². The Balaban J connectivity index is 0.000000193. The lowest BCUT2D eigenvalue weighted by Gasteiger charge is -2.31. The van der Waals surface area contributed by atoms with Gasteiger partial charge < -0.3 is 20.3 Å². The molecule has 1 saturated carbocycles. The Bertz CT molecular complexity index is 1420. The number of hydrogen-bond donors (Lipinski definition) is 3. The van der Waals surface area contributed by atoms with E-state index in [-0.39, 0.29) is 11.4 Å². The predicted molar refractivity (Wildman–Crippen MR) is 146 cm³/mol. The first-order chi connectivity index (χ1) is 18.3. The Morgan fingerprint density at radius 3 is 2.74 bits per heavy atom. The van der Waals surface area contributed by atoms with Crippen LogP contribution in [0.5, 0.6) is 0 Å². The normalized spacial score (nSPS) is 16.1. The summed E-state index contributed by atoms with van der Waals surface area (Å²) in [7, 11) is 0. The molecule has 0 atom stereocenters. The van der Waals surface area contributed by atoms with Gasteiger partial charge in [0.15, 0.2) is 11.6 Å². The molecule has 1 aliphatic heterocycles. The molecule has 5 heterocycles. The van der Waals surface area contributed by atoms with Gasteiger partial charge in [-0.05, 0) is 63.3 Å². The number of carbonyl (C=O) groups is 2. The second-order valence-electron chi connectivity index (χ2n) is 10.4. The summed E-state index contributed by atoms with van der Waals surface area (Å²) in [4.78, 5) is 31.9. The molecule has 4 aromatic rings. The molecule has 0 radical (unpaired) electrons. The van der Waals surface area contributed by atoms with Crippen LogP contribution in [0.4, 0.5) is 23.4 Å². The summed E-state index contributed by atoms with van der Waals surface area (Å²) in [6.45, 7) is 6.92. The Morgan fingerprint density at radius 1 is 1.24 bits per heavy atom. The Hall–Kier alpha value is -4.28. The van der Waals surface area contributed by atoms with Gasteiger partial charge in [0.1, 0.15) is 17.6 Å². The van der Waals surface area contributed by atoms with Crippen molar-refractivity contribution in [3.8, 4) is 0 Å². The van der Waals surface area contributed by atoms with Crippen LogP contribution in [0.1, 0.15) is 63.6 Å². The van der Waals surface area contributed by atoms with E-state index in [9.17, 15) is 9.59 Å². The summed E-state index contributed by atoms with van der Waals surface area (Å²) in [6, 6.07) is 9.54. The van der Waals surface area contributed by atoms with Gasteiger partial charge in [-0.15, -0.1) is 5.10 Å². The molecule has 1 saturated heterocycles. The van der Waals surface area contributed by atoms with Crippen LogP contribution in [0.2, 0.25) is 0 Å². The minimum atomic E-state index is -0.157. The van der Waals surface area contributed by atoms with Gasteiger partial charge in [0, 0.05) is 55.5 Å². The van der Waals surface area contributed by atoms with Gasteiger partial charge in [-0.2, -0.15) is 10.1 Å². The molecule has 4 aromatic heterocycles. The van der Waals surface area contributed by atoms with Crippen molar-refractivity contribution in [1.29, 1.82) is 0 Å². The zero-order valence-corrected chi connectivity index (χ0v) is 21.9. The highest BCUT2D eigenvalue weighted by atomic mass is 16.1. The van der Waals surface area contributed by atoms with Crippen molar-refractivity contribution in [3.05, 3.63) is 54.0 Å². The third kappa shape index (κ3) is 5.82. The molecule has 2 aliphatic rings. The molecular formula is C27H33N9O2. The molecule has 11 heteroatoms. The maximum atomic E-state index is 10.6. The number of pyridine rings is 1. The van der Waals surface area contributed by atoms with E-state index >= 15 is 0 Å². The van der Waals surface area contributed by atoms with Gasteiger partial charge in [0.05, 0.1) is 0 Å². The first-order valence-electron chi connectivity index (χ1n) is 12.9. The number of amides is 1. The smallest absolute Gasteiger partial charge is 0.246 e. The number of nitrogens with zero attached hydrogens (tertiary/aromatic N) is 6. The molecule has 1 aliphatic carbocycles. The zero-order valence-electron chi connectivity index (χ0n) is 21.9. The second kappa shape index (κ2) is 10.6. The summed E-state index contributed by atoms with van der Waals surface area (Å²) in [5.41, 5.74) is 3.09. The molecule has 0 spiro atoms. The van der Waals surface area contributed by atoms with Gasteiger partial charge in [-0.1, -0.05) is 6.07 Å². The highest BCUT2D eigenvalue weighted by molar-refractivity contribution is 5.87. The highest BCUT2D eigenvalue weighted by Crippen LogP contribution is 2.40. The number of aldehydes is 1. The van der Waals surface area contributed by atoms with Gasteiger partial charge in [0.2, 0.25) is 11.9 Å². The number of hydrogen-bond acceptors (Lipinski definition) is 8. The molecule has 0 bridgehead atoms. The lowest BCUT2D eigenvalue weighted by atomic mass is 10.0. The SMILES string of the molecule is CC(=O)Nc1ccc(CC=O)cn1.CC1(C)CCCN1c1nc(Nc2cc(C3CC3)[nH]n2)c2cccn2n1. The largest absolute Gasteiger partial charge is 0.334 e. The predicted octanol–water partition coefficient (Wildman–Crippen LogP) is 4.23. The Kier molecular flexibility index (Phi) is 7.08. The van der Waals surface area contributed by atoms with Crippen molar-refractivity contribution in [2.24, 2.45) is 0 Å². The summed E-state index contributed by atoms with van der Waals surface area (Å²) in [6.07, 6.45) is 9.55. The van der Waals surface area contributed by atoms with Crippen LogP contribution in [-0.4, -0.2) is 54.1 Å². The molecular weight excluding hydrogens is 482 g/mol. The summed E-state index contributed by atoms with van der Waals surface area (Å²) < 4.78 is 1.90. The first kappa shape index (κ1) is 25.4. The van der Waals surface area contributed by atoms with Crippen LogP contribution >= 0.6 is 0 Å². The first-order valence-corrected chi connectivity index (χ1v) is 12.9. The number of nitrogens with one attached hydrogen (secondary N) is 3. The Labute approximate surface area is 221 Å². The molecule has 0 aromatic carbocycles. The summed E-state index contributed by atoms with van der Waals surface area (Å²) in [5, 5.41) is 18.2. The minimum absolute atomic E-state index is 0.0869. The van der Waals surface area contributed by atoms with E-state index in [1.807, 2.05) is 22.8 Å². The van der Waals surface area contributed by atoms with E-state index in [4.69, 9.17) is 10.1 Å². The van der Waals surface area contributed by atoms with E-state index in [0.717, 1.165) is 47.9 Å². The molecule has 2 fully saturated rings. The third-order valence-corrected chi connectivity index (χ3v) is 6.83. The van der Waals surface area contributed by atoms with Gasteiger partial charge >= 0.3 is 0 Å². The standard InChI is InChI=1S/C18H23N7.C9H10N2O2/c1-18(2)8-4-9-24(18)17-20-16(14-5-3-10-25(14)23-17)19-15-11-13(21-22-15)12-6-7-12;1-7(13)11-9-3-2-8(4-5-12)6-10-9/h3,5,10-12H,4,6-9H2,1-2H3,(H2,19,20,21,22,23);2-3,5-6H,4H2,1H3,(H,10,11,13). The van der Waals surface area contributed by atoms with Crippen molar-refractivity contribution >= 4 is 41.1 Å². The number of H-pyrrole nitrogens is 1. The van der Waals surface area contributed by atoms with E-state index in [0.29, 0.717) is 18.2 Å². The lowest BCUT2D eigenvalue weighted by molar-refractivity contribution is -0.114. The number of aromatic nitrogens is 6. The summed E-state index contributed by atoms with van der Waals surface area (Å²) >= 11 is 0. The maximum absolute atomic E-state index is 10.6. The van der Waals surface area contributed by atoms with Gasteiger partial charge in [-0.3, -0.25) is 9.89 Å². The van der Waals surface area contributed by atoms with E-state index < -0.39 is 0 Å². The van der Waals surface area contributed by atoms with Crippen molar-refractivity contribution in [3.63, 3.8) is 0 Å². The van der Waals surface area contributed by atoms with Crippen LogP contribution < -0.4 is 15.5 Å². The Morgan fingerprint density at radius 2 is 2.08 bits per heavy atom. The van der Waals surface area contributed by atoms with E-state index in [1.54, 1.807) is 18.3 Å². The monoisotopic (exact) mass is 515 g/mol. The second-order valence-corrected chi connectivity index (χ2v) is 10.4.